The van der Waals surface area contributed by atoms with Gasteiger partial charge in [-0.25, -0.2) is 0 Å². The van der Waals surface area contributed by atoms with Crippen LogP contribution < -0.4 is 16.4 Å². The highest BCUT2D eigenvalue weighted by atomic mass is 127. The minimum atomic E-state index is -0.648. The van der Waals surface area contributed by atoms with E-state index in [-0.39, 0.29) is 29.9 Å². The van der Waals surface area contributed by atoms with Gasteiger partial charge in [0.15, 0.2) is 5.96 Å². The number of halogens is 1. The minimum absolute atomic E-state index is 0. The fourth-order valence-electron chi connectivity index (χ4n) is 1.96. The topological polar surface area (TPSA) is 79.5 Å². The number of amides is 1. The number of hydrogen-bond acceptors (Lipinski definition) is 2. The van der Waals surface area contributed by atoms with E-state index in [0.717, 1.165) is 13.1 Å². The second-order valence-electron chi connectivity index (χ2n) is 6.64. The summed E-state index contributed by atoms with van der Waals surface area (Å²) in [6, 6.07) is 8.56. The average molecular weight is 446 g/mol. The first kappa shape index (κ1) is 22.7. The summed E-state index contributed by atoms with van der Waals surface area (Å²) in [7, 11) is 0. The monoisotopic (exact) mass is 446 g/mol. The summed E-state index contributed by atoms with van der Waals surface area (Å²) < 4.78 is 0. The van der Waals surface area contributed by atoms with Crippen molar-refractivity contribution in [2.45, 2.75) is 40.5 Å². The van der Waals surface area contributed by atoms with Gasteiger partial charge in [0.25, 0.3) is 0 Å². The number of hydrogen-bond donors (Lipinski definition) is 3. The lowest BCUT2D eigenvalue weighted by atomic mass is 9.93. The van der Waals surface area contributed by atoms with Gasteiger partial charge in [0.2, 0.25) is 5.91 Å². The number of aryl methyl sites for hydroxylation is 1. The van der Waals surface area contributed by atoms with E-state index in [1.807, 2.05) is 6.92 Å². The fraction of sp³-hybridized carbons (Fsp3) is 0.556. The van der Waals surface area contributed by atoms with Crippen LogP contribution >= 0.6 is 24.0 Å². The van der Waals surface area contributed by atoms with Crippen molar-refractivity contribution in [3.05, 3.63) is 35.4 Å². The summed E-state index contributed by atoms with van der Waals surface area (Å²) in [5.41, 5.74) is 7.29. The Morgan fingerprint density at radius 1 is 1.25 bits per heavy atom. The first-order valence-electron chi connectivity index (χ1n) is 8.15. The molecule has 1 amide bonds. The lowest BCUT2D eigenvalue weighted by Gasteiger charge is -2.20. The lowest BCUT2D eigenvalue weighted by molar-refractivity contribution is -0.125. The first-order chi connectivity index (χ1) is 10.8. The van der Waals surface area contributed by atoms with Crippen molar-refractivity contribution in [1.82, 2.24) is 10.6 Å². The second kappa shape index (κ2) is 10.5. The molecule has 0 saturated heterocycles. The highest BCUT2D eigenvalue weighted by Gasteiger charge is 2.24. The molecule has 0 heterocycles. The summed E-state index contributed by atoms with van der Waals surface area (Å²) in [6.07, 6.45) is 0. The zero-order valence-corrected chi connectivity index (χ0v) is 17.7. The molecule has 0 aliphatic rings. The molecule has 0 aliphatic carbocycles. The van der Waals surface area contributed by atoms with Crippen LogP contribution in [0.3, 0.4) is 0 Å². The van der Waals surface area contributed by atoms with E-state index in [1.165, 1.54) is 11.1 Å². The van der Waals surface area contributed by atoms with Crippen LogP contribution in [0, 0.1) is 12.3 Å². The molecule has 0 radical (unpaired) electrons. The third-order valence-corrected chi connectivity index (χ3v) is 3.87. The molecule has 1 atom stereocenters. The number of benzene rings is 1. The maximum absolute atomic E-state index is 11.4. The number of aliphatic imine (C=N–C) groups is 1. The molecule has 5 nitrogen and oxygen atoms in total. The Hall–Kier alpha value is -1.31. The van der Waals surface area contributed by atoms with Crippen LogP contribution in [0.25, 0.3) is 0 Å². The summed E-state index contributed by atoms with van der Waals surface area (Å²) in [6.45, 7) is 11.8. The van der Waals surface area contributed by atoms with E-state index in [2.05, 4.69) is 53.7 Å². The standard InChI is InChI=1S/C18H30N4O.HI/c1-6-20-17(22-12-18(4,5)16(19)23)21-11-14(3)15-9-7-13(2)8-10-15;/h7-10,14H,6,11-12H2,1-5H3,(H2,19,23)(H2,20,21,22);1H. The maximum atomic E-state index is 11.4. The van der Waals surface area contributed by atoms with Crippen molar-refractivity contribution in [2.75, 3.05) is 19.6 Å². The average Bonchev–Trinajstić information content (AvgIpc) is 2.50. The predicted octanol–water partition coefficient (Wildman–Crippen LogP) is 2.78. The Morgan fingerprint density at radius 2 is 1.83 bits per heavy atom. The Balaban J connectivity index is 0.00000529. The first-order valence-corrected chi connectivity index (χ1v) is 8.15. The molecule has 0 fully saturated rings. The molecular formula is C18H31IN4O. The van der Waals surface area contributed by atoms with Crippen LogP contribution in [-0.2, 0) is 4.79 Å². The summed E-state index contributed by atoms with van der Waals surface area (Å²) in [5, 5.41) is 6.53. The number of rotatable bonds is 7. The van der Waals surface area contributed by atoms with Gasteiger partial charge >= 0.3 is 0 Å². The van der Waals surface area contributed by atoms with Gasteiger partial charge in [-0.3, -0.25) is 9.79 Å². The van der Waals surface area contributed by atoms with Crippen LogP contribution in [0.1, 0.15) is 44.7 Å². The third kappa shape index (κ3) is 7.51. The van der Waals surface area contributed by atoms with Gasteiger partial charge in [-0.05, 0) is 39.2 Å². The number of nitrogens with two attached hydrogens (primary N) is 1. The second-order valence-corrected chi connectivity index (χ2v) is 6.64. The van der Waals surface area contributed by atoms with Crippen molar-refractivity contribution in [1.29, 1.82) is 0 Å². The van der Waals surface area contributed by atoms with Crippen molar-refractivity contribution in [3.63, 3.8) is 0 Å². The predicted molar refractivity (Wildman–Crippen MR) is 112 cm³/mol. The Labute approximate surface area is 162 Å². The van der Waals surface area contributed by atoms with E-state index < -0.39 is 5.41 Å². The summed E-state index contributed by atoms with van der Waals surface area (Å²) >= 11 is 0. The molecule has 0 aromatic heterocycles. The number of guanidine groups is 1. The molecule has 0 saturated carbocycles. The van der Waals surface area contributed by atoms with Gasteiger partial charge < -0.3 is 16.4 Å². The molecule has 4 N–H and O–H groups in total. The lowest BCUT2D eigenvalue weighted by Crippen LogP contribution is -2.41. The van der Waals surface area contributed by atoms with E-state index in [4.69, 9.17) is 5.73 Å². The Morgan fingerprint density at radius 3 is 2.33 bits per heavy atom. The number of carbonyl (C=O) groups is 1. The number of nitrogens with zero attached hydrogens (tertiary/aromatic N) is 1. The number of carbonyl (C=O) groups excluding carboxylic acids is 1. The van der Waals surface area contributed by atoms with Gasteiger partial charge in [0.05, 0.1) is 12.0 Å². The van der Waals surface area contributed by atoms with E-state index in [1.54, 1.807) is 13.8 Å². The molecule has 136 valence electrons. The molecular weight excluding hydrogens is 415 g/mol. The maximum Gasteiger partial charge on any atom is 0.224 e. The van der Waals surface area contributed by atoms with Crippen LogP contribution in [0.4, 0.5) is 0 Å². The van der Waals surface area contributed by atoms with Crippen LogP contribution in [0.2, 0.25) is 0 Å². The quantitative estimate of drug-likeness (QED) is 0.343. The van der Waals surface area contributed by atoms with Crippen molar-refractivity contribution < 1.29 is 4.79 Å². The summed E-state index contributed by atoms with van der Waals surface area (Å²) in [5.74, 6) is 0.731. The van der Waals surface area contributed by atoms with Crippen molar-refractivity contribution in [2.24, 2.45) is 16.1 Å². The zero-order valence-electron chi connectivity index (χ0n) is 15.3. The van der Waals surface area contributed by atoms with Crippen LogP contribution in [0.15, 0.2) is 29.3 Å². The van der Waals surface area contributed by atoms with Crippen molar-refractivity contribution in [3.8, 4) is 0 Å². The van der Waals surface area contributed by atoms with Crippen LogP contribution in [-0.4, -0.2) is 31.5 Å². The molecule has 0 bridgehead atoms. The minimum Gasteiger partial charge on any atom is -0.369 e. The van der Waals surface area contributed by atoms with Gasteiger partial charge in [0.1, 0.15) is 0 Å². The largest absolute Gasteiger partial charge is 0.369 e. The zero-order chi connectivity index (χ0) is 17.5. The Bertz CT molecular complexity index is 540. The highest BCUT2D eigenvalue weighted by Crippen LogP contribution is 2.15. The molecule has 24 heavy (non-hydrogen) atoms. The normalized spacial score (nSPS) is 13.0. The Kier molecular flexibility index (Phi) is 9.96. The van der Waals surface area contributed by atoms with Crippen LogP contribution in [0.5, 0.6) is 0 Å². The third-order valence-electron chi connectivity index (χ3n) is 3.87. The SMILES string of the molecule is CCNC(=NCC(C)(C)C(N)=O)NCC(C)c1ccc(C)cc1.I. The molecule has 0 aliphatic heterocycles. The molecule has 1 unspecified atom stereocenters. The molecule has 1 aromatic rings. The van der Waals surface area contributed by atoms with Gasteiger partial charge in [0, 0.05) is 13.1 Å². The van der Waals surface area contributed by atoms with Gasteiger partial charge in [-0.15, -0.1) is 24.0 Å². The summed E-state index contributed by atoms with van der Waals surface area (Å²) in [4.78, 5) is 15.9. The number of primary amides is 1. The van der Waals surface area contributed by atoms with E-state index in [9.17, 15) is 4.79 Å². The number of nitrogens with one attached hydrogen (secondary N) is 2. The van der Waals surface area contributed by atoms with E-state index in [0.29, 0.717) is 18.4 Å². The molecule has 1 rings (SSSR count). The van der Waals surface area contributed by atoms with Crippen molar-refractivity contribution >= 4 is 35.8 Å². The molecule has 0 spiro atoms. The smallest absolute Gasteiger partial charge is 0.224 e. The molecule has 1 aromatic carbocycles. The molecule has 6 heteroatoms. The highest BCUT2D eigenvalue weighted by molar-refractivity contribution is 14.0. The van der Waals surface area contributed by atoms with Gasteiger partial charge in [-0.2, -0.15) is 0 Å². The fourth-order valence-corrected chi connectivity index (χ4v) is 1.96. The van der Waals surface area contributed by atoms with Gasteiger partial charge in [-0.1, -0.05) is 36.8 Å². The van der Waals surface area contributed by atoms with E-state index >= 15 is 0 Å².